The van der Waals surface area contributed by atoms with Gasteiger partial charge < -0.3 is 14.2 Å². The highest BCUT2D eigenvalue weighted by Crippen LogP contribution is 2.21. The minimum atomic E-state index is 0.455. The summed E-state index contributed by atoms with van der Waals surface area (Å²) in [5.74, 6) is 2.30. The van der Waals surface area contributed by atoms with Gasteiger partial charge in [-0.25, -0.2) is 4.98 Å². The van der Waals surface area contributed by atoms with Gasteiger partial charge in [0.25, 0.3) is 0 Å². The first kappa shape index (κ1) is 13.7. The lowest BCUT2D eigenvalue weighted by atomic mass is 10.3. The molecule has 100 valence electrons. The van der Waals surface area contributed by atoms with Crippen LogP contribution in [0.25, 0.3) is 0 Å². The molecule has 0 radical (unpaired) electrons. The SMILES string of the molecule is COc1ccc(OCCOc2cccnc2Br)cc1. The summed E-state index contributed by atoms with van der Waals surface area (Å²) in [6.07, 6.45) is 1.70. The maximum absolute atomic E-state index is 5.55. The van der Waals surface area contributed by atoms with E-state index in [4.69, 9.17) is 14.2 Å². The Hall–Kier alpha value is -1.75. The summed E-state index contributed by atoms with van der Waals surface area (Å²) in [6.45, 7) is 0.921. The molecule has 0 unspecified atom stereocenters. The molecule has 0 saturated heterocycles. The zero-order valence-corrected chi connectivity index (χ0v) is 12.1. The zero-order valence-electron chi connectivity index (χ0n) is 10.5. The molecular formula is C14H14BrNO3. The predicted molar refractivity (Wildman–Crippen MR) is 75.9 cm³/mol. The number of nitrogens with zero attached hydrogens (tertiary/aromatic N) is 1. The van der Waals surface area contributed by atoms with E-state index in [-0.39, 0.29) is 0 Å². The van der Waals surface area contributed by atoms with Crippen molar-refractivity contribution in [3.05, 3.63) is 47.2 Å². The van der Waals surface area contributed by atoms with Gasteiger partial charge in [-0.05, 0) is 52.3 Å². The van der Waals surface area contributed by atoms with Gasteiger partial charge in [-0.15, -0.1) is 0 Å². The molecule has 0 aliphatic heterocycles. The maximum atomic E-state index is 5.55. The number of ether oxygens (including phenoxy) is 3. The van der Waals surface area contributed by atoms with Crippen LogP contribution >= 0.6 is 15.9 Å². The van der Waals surface area contributed by atoms with Crippen LogP contribution in [-0.2, 0) is 0 Å². The summed E-state index contributed by atoms with van der Waals surface area (Å²) >= 11 is 3.32. The molecule has 0 amide bonds. The van der Waals surface area contributed by atoms with Crippen molar-refractivity contribution in [1.29, 1.82) is 0 Å². The molecule has 0 aliphatic rings. The fraction of sp³-hybridized carbons (Fsp3) is 0.214. The van der Waals surface area contributed by atoms with Gasteiger partial charge in [0.1, 0.15) is 29.3 Å². The third-order valence-electron chi connectivity index (χ3n) is 2.39. The molecule has 1 heterocycles. The van der Waals surface area contributed by atoms with Gasteiger partial charge in [-0.1, -0.05) is 0 Å². The third kappa shape index (κ3) is 4.13. The molecule has 0 atom stereocenters. The Bertz CT molecular complexity index is 516. The molecule has 2 aromatic rings. The van der Waals surface area contributed by atoms with Crippen LogP contribution in [0.2, 0.25) is 0 Å². The van der Waals surface area contributed by atoms with Crippen molar-refractivity contribution < 1.29 is 14.2 Å². The van der Waals surface area contributed by atoms with Crippen LogP contribution in [0, 0.1) is 0 Å². The minimum Gasteiger partial charge on any atom is -0.497 e. The topological polar surface area (TPSA) is 40.6 Å². The smallest absolute Gasteiger partial charge is 0.152 e. The summed E-state index contributed by atoms with van der Waals surface area (Å²) in [5, 5.41) is 0. The largest absolute Gasteiger partial charge is 0.497 e. The summed E-state index contributed by atoms with van der Waals surface area (Å²) in [5.41, 5.74) is 0. The Morgan fingerprint density at radius 1 is 1.00 bits per heavy atom. The molecule has 5 heteroatoms. The van der Waals surface area contributed by atoms with Crippen molar-refractivity contribution in [3.8, 4) is 17.2 Å². The van der Waals surface area contributed by atoms with Crippen LogP contribution in [0.15, 0.2) is 47.2 Å². The van der Waals surface area contributed by atoms with Crippen molar-refractivity contribution in [1.82, 2.24) is 4.98 Å². The molecule has 0 saturated carbocycles. The van der Waals surface area contributed by atoms with Crippen molar-refractivity contribution in [2.75, 3.05) is 20.3 Å². The number of hydrogen-bond donors (Lipinski definition) is 0. The van der Waals surface area contributed by atoms with Crippen molar-refractivity contribution >= 4 is 15.9 Å². The van der Waals surface area contributed by atoms with Crippen LogP contribution in [-0.4, -0.2) is 25.3 Å². The molecule has 0 spiro atoms. The Balaban J connectivity index is 1.76. The van der Waals surface area contributed by atoms with Crippen LogP contribution < -0.4 is 14.2 Å². The Morgan fingerprint density at radius 2 is 1.68 bits per heavy atom. The van der Waals surface area contributed by atoms with E-state index in [2.05, 4.69) is 20.9 Å². The first-order chi connectivity index (χ1) is 9.29. The molecule has 19 heavy (non-hydrogen) atoms. The van der Waals surface area contributed by atoms with Gasteiger partial charge in [0.2, 0.25) is 0 Å². The van der Waals surface area contributed by atoms with Crippen LogP contribution in [0.4, 0.5) is 0 Å². The Kier molecular flexibility index (Phi) is 5.03. The third-order valence-corrected chi connectivity index (χ3v) is 2.99. The van der Waals surface area contributed by atoms with Gasteiger partial charge in [0.05, 0.1) is 7.11 Å². The molecule has 0 N–H and O–H groups in total. The first-order valence-corrected chi connectivity index (χ1v) is 6.59. The maximum Gasteiger partial charge on any atom is 0.152 e. The van der Waals surface area contributed by atoms with Crippen molar-refractivity contribution in [2.45, 2.75) is 0 Å². The number of hydrogen-bond acceptors (Lipinski definition) is 4. The molecule has 0 fully saturated rings. The van der Waals surface area contributed by atoms with E-state index >= 15 is 0 Å². The number of halogens is 1. The highest BCUT2D eigenvalue weighted by atomic mass is 79.9. The number of aromatic nitrogens is 1. The second-order valence-corrected chi connectivity index (χ2v) is 4.42. The fourth-order valence-corrected chi connectivity index (χ4v) is 1.83. The summed E-state index contributed by atoms with van der Waals surface area (Å²) in [7, 11) is 1.63. The van der Waals surface area contributed by atoms with E-state index in [1.165, 1.54) is 0 Å². The van der Waals surface area contributed by atoms with E-state index < -0.39 is 0 Å². The molecule has 0 aliphatic carbocycles. The van der Waals surface area contributed by atoms with E-state index in [9.17, 15) is 0 Å². The number of pyridine rings is 1. The van der Waals surface area contributed by atoms with Gasteiger partial charge in [0, 0.05) is 6.20 Å². The van der Waals surface area contributed by atoms with Crippen molar-refractivity contribution in [2.24, 2.45) is 0 Å². The number of methoxy groups -OCH3 is 1. The average molecular weight is 324 g/mol. The van der Waals surface area contributed by atoms with E-state index in [1.807, 2.05) is 36.4 Å². The zero-order chi connectivity index (χ0) is 13.5. The molecule has 1 aromatic heterocycles. The highest BCUT2D eigenvalue weighted by molar-refractivity contribution is 9.10. The van der Waals surface area contributed by atoms with Crippen LogP contribution in [0.5, 0.6) is 17.2 Å². The molecule has 4 nitrogen and oxygen atoms in total. The quantitative estimate of drug-likeness (QED) is 0.604. The molecule has 1 aromatic carbocycles. The normalized spacial score (nSPS) is 10.0. The van der Waals surface area contributed by atoms with Crippen LogP contribution in [0.1, 0.15) is 0 Å². The minimum absolute atomic E-state index is 0.455. The molecular weight excluding hydrogens is 310 g/mol. The number of rotatable bonds is 6. The van der Waals surface area contributed by atoms with Gasteiger partial charge in [-0.3, -0.25) is 0 Å². The Labute approximate surface area is 120 Å². The molecule has 0 bridgehead atoms. The first-order valence-electron chi connectivity index (χ1n) is 5.80. The van der Waals surface area contributed by atoms with Crippen molar-refractivity contribution in [3.63, 3.8) is 0 Å². The lowest BCUT2D eigenvalue weighted by Crippen LogP contribution is -2.09. The lowest BCUT2D eigenvalue weighted by molar-refractivity contribution is 0.215. The van der Waals surface area contributed by atoms with Gasteiger partial charge >= 0.3 is 0 Å². The van der Waals surface area contributed by atoms with Gasteiger partial charge in [-0.2, -0.15) is 0 Å². The van der Waals surface area contributed by atoms with Gasteiger partial charge in [0.15, 0.2) is 5.75 Å². The second kappa shape index (κ2) is 6.99. The highest BCUT2D eigenvalue weighted by Gasteiger charge is 2.00. The summed E-state index contributed by atoms with van der Waals surface area (Å²) in [4.78, 5) is 4.07. The predicted octanol–water partition coefficient (Wildman–Crippen LogP) is 3.31. The number of benzene rings is 1. The van der Waals surface area contributed by atoms with E-state index in [1.54, 1.807) is 13.3 Å². The summed E-state index contributed by atoms with van der Waals surface area (Å²) < 4.78 is 16.9. The van der Waals surface area contributed by atoms with Crippen LogP contribution in [0.3, 0.4) is 0 Å². The van der Waals surface area contributed by atoms with E-state index in [0.717, 1.165) is 11.5 Å². The lowest BCUT2D eigenvalue weighted by Gasteiger charge is -2.09. The Morgan fingerprint density at radius 3 is 2.37 bits per heavy atom. The average Bonchev–Trinajstić information content (AvgIpc) is 2.46. The molecule has 2 rings (SSSR count). The summed E-state index contributed by atoms with van der Waals surface area (Å²) in [6, 6.07) is 11.1. The second-order valence-electron chi connectivity index (χ2n) is 3.66. The monoisotopic (exact) mass is 323 g/mol. The fourth-order valence-electron chi connectivity index (χ4n) is 1.46. The van der Waals surface area contributed by atoms with E-state index in [0.29, 0.717) is 23.6 Å². The standard InChI is InChI=1S/C14H14BrNO3/c1-17-11-4-6-12(7-5-11)18-9-10-19-13-3-2-8-16-14(13)15/h2-8H,9-10H2,1H3.